The van der Waals surface area contributed by atoms with E-state index in [-0.39, 0.29) is 4.90 Å². The molecule has 2 aliphatic rings. The van der Waals surface area contributed by atoms with Crippen molar-refractivity contribution in [2.45, 2.75) is 47.9 Å². The van der Waals surface area contributed by atoms with Crippen molar-refractivity contribution >= 4 is 27.7 Å². The number of carbonyl (C=O) groups is 1. The molecule has 1 saturated carbocycles. The summed E-state index contributed by atoms with van der Waals surface area (Å²) < 4.78 is 27.7. The van der Waals surface area contributed by atoms with Gasteiger partial charge in [-0.2, -0.15) is 0 Å². The first-order valence-electron chi connectivity index (χ1n) is 9.00. The lowest BCUT2D eigenvalue weighted by molar-refractivity contribution is -0.128. The van der Waals surface area contributed by atoms with Gasteiger partial charge in [-0.05, 0) is 55.4 Å². The van der Waals surface area contributed by atoms with E-state index in [0.717, 1.165) is 38.9 Å². The zero-order valence-corrected chi connectivity index (χ0v) is 16.7. The van der Waals surface area contributed by atoms with Gasteiger partial charge in [-0.1, -0.05) is 47.7 Å². The lowest BCUT2D eigenvalue weighted by atomic mass is 9.73. The summed E-state index contributed by atoms with van der Waals surface area (Å²) in [5, 5.41) is 0. The van der Waals surface area contributed by atoms with Crippen molar-refractivity contribution < 1.29 is 13.2 Å². The van der Waals surface area contributed by atoms with Crippen LogP contribution < -0.4 is 0 Å². The minimum atomic E-state index is -3.86. The molecule has 1 heterocycles. The molecule has 0 bridgehead atoms. The highest BCUT2D eigenvalue weighted by atomic mass is 32.2. The molecule has 140 valence electrons. The predicted molar refractivity (Wildman–Crippen MR) is 107 cm³/mol. The van der Waals surface area contributed by atoms with Crippen molar-refractivity contribution in [2.75, 3.05) is 0 Å². The number of benzene rings is 2. The second-order valence-corrected chi connectivity index (χ2v) is 10.2. The third-order valence-electron chi connectivity index (χ3n) is 5.25. The number of hydrogen-bond donors (Lipinski definition) is 0. The summed E-state index contributed by atoms with van der Waals surface area (Å²) >= 11 is 1.55. The van der Waals surface area contributed by atoms with Gasteiger partial charge in [-0.25, -0.2) is 12.7 Å². The van der Waals surface area contributed by atoms with Crippen LogP contribution in [0.15, 0.2) is 75.4 Å². The second-order valence-electron chi connectivity index (χ2n) is 7.20. The summed E-state index contributed by atoms with van der Waals surface area (Å²) in [5.41, 5.74) is 0.367. The number of carbonyl (C=O) groups excluding carboxylic acids is 1. The van der Waals surface area contributed by atoms with Gasteiger partial charge in [0.25, 0.3) is 15.9 Å². The molecule has 0 saturated heterocycles. The molecule has 1 aliphatic heterocycles. The first kappa shape index (κ1) is 18.3. The maximum atomic E-state index is 13.3. The van der Waals surface area contributed by atoms with E-state index < -0.39 is 21.5 Å². The molecule has 1 spiro atoms. The van der Waals surface area contributed by atoms with Gasteiger partial charge in [0, 0.05) is 17.4 Å². The van der Waals surface area contributed by atoms with Gasteiger partial charge in [0.15, 0.2) is 0 Å². The van der Waals surface area contributed by atoms with Gasteiger partial charge in [-0.3, -0.25) is 4.79 Å². The third kappa shape index (κ3) is 3.32. The van der Waals surface area contributed by atoms with Gasteiger partial charge in [0.1, 0.15) is 0 Å². The van der Waals surface area contributed by atoms with Crippen LogP contribution in [0, 0.1) is 6.92 Å². The van der Waals surface area contributed by atoms with Crippen LogP contribution in [0.5, 0.6) is 0 Å². The number of rotatable bonds is 4. The van der Waals surface area contributed by atoms with Crippen molar-refractivity contribution in [2.24, 2.45) is 0 Å². The van der Waals surface area contributed by atoms with Crippen molar-refractivity contribution in [3.63, 3.8) is 0 Å². The van der Waals surface area contributed by atoms with E-state index in [0.29, 0.717) is 6.42 Å². The Morgan fingerprint density at radius 2 is 1.67 bits per heavy atom. The molecule has 0 atom stereocenters. The zero-order valence-electron chi connectivity index (χ0n) is 15.1. The molecule has 0 radical (unpaired) electrons. The van der Waals surface area contributed by atoms with Crippen molar-refractivity contribution in [1.82, 2.24) is 4.31 Å². The molecular weight excluding hydrogens is 378 g/mol. The van der Waals surface area contributed by atoms with Crippen molar-refractivity contribution in [3.8, 4) is 0 Å². The summed E-state index contributed by atoms with van der Waals surface area (Å²) in [4.78, 5) is 15.1. The average molecular weight is 400 g/mol. The molecule has 4 nitrogen and oxygen atoms in total. The second kappa shape index (κ2) is 6.84. The van der Waals surface area contributed by atoms with Crippen LogP contribution in [-0.4, -0.2) is 24.2 Å². The maximum Gasteiger partial charge on any atom is 0.267 e. The van der Waals surface area contributed by atoms with Crippen LogP contribution in [0.1, 0.15) is 31.2 Å². The lowest BCUT2D eigenvalue weighted by Crippen LogP contribution is -2.59. The van der Waals surface area contributed by atoms with Gasteiger partial charge < -0.3 is 0 Å². The Morgan fingerprint density at radius 1 is 1.00 bits per heavy atom. The third-order valence-corrected chi connectivity index (χ3v) is 8.20. The van der Waals surface area contributed by atoms with Gasteiger partial charge >= 0.3 is 0 Å². The average Bonchev–Trinajstić information content (AvgIpc) is 2.61. The van der Waals surface area contributed by atoms with E-state index >= 15 is 0 Å². The number of nitrogens with zero attached hydrogens (tertiary/aromatic N) is 1. The first-order chi connectivity index (χ1) is 12.9. The molecule has 6 heteroatoms. The summed E-state index contributed by atoms with van der Waals surface area (Å²) in [6.45, 7) is 1.91. The normalized spacial score (nSPS) is 18.9. The summed E-state index contributed by atoms with van der Waals surface area (Å²) in [6, 6.07) is 16.6. The number of aryl methyl sites for hydroxylation is 1. The van der Waals surface area contributed by atoms with E-state index in [1.54, 1.807) is 36.0 Å². The van der Waals surface area contributed by atoms with Crippen LogP contribution in [0.4, 0.5) is 0 Å². The Bertz CT molecular complexity index is 991. The molecule has 1 amide bonds. The Morgan fingerprint density at radius 3 is 2.26 bits per heavy atom. The lowest BCUT2D eigenvalue weighted by Gasteiger charge is -2.51. The number of sulfonamides is 1. The van der Waals surface area contributed by atoms with Gasteiger partial charge in [-0.15, -0.1) is 0 Å². The molecule has 27 heavy (non-hydrogen) atoms. The van der Waals surface area contributed by atoms with Crippen LogP contribution >= 0.6 is 11.8 Å². The van der Waals surface area contributed by atoms with E-state index in [1.165, 1.54) is 6.08 Å². The molecule has 4 rings (SSSR count). The molecule has 0 unspecified atom stereocenters. The van der Waals surface area contributed by atoms with Crippen LogP contribution in [0.3, 0.4) is 0 Å². The van der Waals surface area contributed by atoms with Crippen LogP contribution in [-0.2, 0) is 14.8 Å². The van der Waals surface area contributed by atoms with Crippen LogP contribution in [0.2, 0.25) is 0 Å². The number of amides is 1. The first-order valence-corrected chi connectivity index (χ1v) is 11.3. The summed E-state index contributed by atoms with van der Waals surface area (Å²) in [5.74, 6) is -0.431. The fraction of sp³-hybridized carbons (Fsp3) is 0.286. The Kier molecular flexibility index (Phi) is 4.64. The Labute approximate surface area is 164 Å². The highest BCUT2D eigenvalue weighted by Gasteiger charge is 2.52. The Balaban J connectivity index is 1.69. The number of hydrogen-bond acceptors (Lipinski definition) is 4. The van der Waals surface area contributed by atoms with Gasteiger partial charge in [0.05, 0.1) is 10.4 Å². The van der Waals surface area contributed by atoms with Crippen molar-refractivity contribution in [3.05, 3.63) is 71.1 Å². The molecule has 2 aromatic carbocycles. The summed E-state index contributed by atoms with van der Waals surface area (Å²) in [7, 11) is -3.86. The zero-order chi connectivity index (χ0) is 19.1. The largest absolute Gasteiger partial charge is 0.269 e. The standard InChI is InChI=1S/C21H21NO3S2/c1-16-8-10-19(11-9-16)27(24,25)22-20(23)14-18(15-21(22)12-5-13-21)26-17-6-3-2-4-7-17/h2-4,6-11,14H,5,12-13,15H2,1H3. The van der Waals surface area contributed by atoms with Crippen molar-refractivity contribution in [1.29, 1.82) is 0 Å². The minimum Gasteiger partial charge on any atom is -0.269 e. The molecule has 1 aliphatic carbocycles. The summed E-state index contributed by atoms with van der Waals surface area (Å²) in [6.07, 6.45) is 4.46. The van der Waals surface area contributed by atoms with E-state index in [9.17, 15) is 13.2 Å². The number of thioether (sulfide) groups is 1. The quantitative estimate of drug-likeness (QED) is 0.759. The molecular formula is C21H21NO3S2. The van der Waals surface area contributed by atoms with Crippen LogP contribution in [0.25, 0.3) is 0 Å². The molecule has 2 aromatic rings. The minimum absolute atomic E-state index is 0.181. The van der Waals surface area contributed by atoms with E-state index in [1.807, 2.05) is 37.3 Å². The molecule has 0 N–H and O–H groups in total. The topological polar surface area (TPSA) is 54.5 Å². The predicted octanol–water partition coefficient (Wildman–Crippen LogP) is 4.51. The molecule has 0 aromatic heterocycles. The van der Waals surface area contributed by atoms with Gasteiger partial charge in [0.2, 0.25) is 0 Å². The smallest absolute Gasteiger partial charge is 0.267 e. The SMILES string of the molecule is Cc1ccc(S(=O)(=O)N2C(=O)C=C(Sc3ccccc3)CC23CCC3)cc1. The Hall–Kier alpha value is -2.05. The maximum absolute atomic E-state index is 13.3. The molecule has 1 fully saturated rings. The fourth-order valence-electron chi connectivity index (χ4n) is 3.74. The highest BCUT2D eigenvalue weighted by molar-refractivity contribution is 8.03. The fourth-order valence-corrected chi connectivity index (χ4v) is 6.57. The highest BCUT2D eigenvalue weighted by Crippen LogP contribution is 2.50. The monoisotopic (exact) mass is 399 g/mol. The van der Waals surface area contributed by atoms with E-state index in [4.69, 9.17) is 0 Å². The van der Waals surface area contributed by atoms with E-state index in [2.05, 4.69) is 0 Å².